The zero-order valence-electron chi connectivity index (χ0n) is 17.9. The van der Waals surface area contributed by atoms with Gasteiger partial charge in [-0.2, -0.15) is 0 Å². The summed E-state index contributed by atoms with van der Waals surface area (Å²) in [6.45, 7) is 1.13. The monoisotopic (exact) mass is 421 g/mol. The Morgan fingerprint density at radius 2 is 1.81 bits per heavy atom. The van der Waals surface area contributed by atoms with Gasteiger partial charge in [0.1, 0.15) is 0 Å². The van der Waals surface area contributed by atoms with E-state index in [1.54, 1.807) is 26.4 Å². The molecule has 2 aromatic carbocycles. The van der Waals surface area contributed by atoms with Crippen molar-refractivity contribution in [3.63, 3.8) is 0 Å². The van der Waals surface area contributed by atoms with E-state index in [2.05, 4.69) is 0 Å². The Hall–Kier alpha value is -2.86. The van der Waals surface area contributed by atoms with E-state index in [1.807, 2.05) is 35.2 Å². The summed E-state index contributed by atoms with van der Waals surface area (Å²) < 4.78 is 16.8. The molecule has 6 heteroatoms. The van der Waals surface area contributed by atoms with Crippen LogP contribution in [0.25, 0.3) is 0 Å². The summed E-state index contributed by atoms with van der Waals surface area (Å²) >= 11 is 0. The number of nitrogens with zero attached hydrogens (tertiary/aromatic N) is 1. The zero-order chi connectivity index (χ0) is 21.6. The van der Waals surface area contributed by atoms with E-state index in [9.17, 15) is 9.59 Å². The number of amides is 1. The summed E-state index contributed by atoms with van der Waals surface area (Å²) in [5, 5.41) is 0. The van der Waals surface area contributed by atoms with E-state index in [-0.39, 0.29) is 29.1 Å². The molecule has 0 unspecified atom stereocenters. The van der Waals surface area contributed by atoms with Gasteiger partial charge in [0.15, 0.2) is 17.3 Å². The summed E-state index contributed by atoms with van der Waals surface area (Å²) in [6.07, 6.45) is 2.91. The first kappa shape index (κ1) is 20.1. The topological polar surface area (TPSA) is 65.1 Å². The molecule has 0 bridgehead atoms. The zero-order valence-corrected chi connectivity index (χ0v) is 17.9. The van der Waals surface area contributed by atoms with Crippen LogP contribution in [0.15, 0.2) is 42.5 Å². The predicted octanol–water partition coefficient (Wildman–Crippen LogP) is 4.01. The van der Waals surface area contributed by atoms with Crippen molar-refractivity contribution < 1.29 is 23.8 Å². The molecule has 1 saturated carbocycles. The Bertz CT molecular complexity index is 1020. The molecule has 2 aromatic rings. The van der Waals surface area contributed by atoms with Gasteiger partial charge in [-0.05, 0) is 30.9 Å². The molecule has 6 nitrogen and oxygen atoms in total. The van der Waals surface area contributed by atoms with Gasteiger partial charge in [-0.1, -0.05) is 30.3 Å². The Labute approximate surface area is 182 Å². The second-order valence-corrected chi connectivity index (χ2v) is 8.77. The number of carbonyl (C=O) groups excluding carboxylic acids is 2. The minimum atomic E-state index is -0.209. The minimum absolute atomic E-state index is 0.0822. The molecule has 1 saturated heterocycles. The van der Waals surface area contributed by atoms with Crippen LogP contribution in [0.5, 0.6) is 11.5 Å². The van der Waals surface area contributed by atoms with Crippen LogP contribution < -0.4 is 14.4 Å². The van der Waals surface area contributed by atoms with E-state index in [0.29, 0.717) is 42.4 Å². The van der Waals surface area contributed by atoms with E-state index in [4.69, 9.17) is 14.2 Å². The van der Waals surface area contributed by atoms with Crippen molar-refractivity contribution in [1.82, 2.24) is 0 Å². The third-order valence-electron chi connectivity index (χ3n) is 7.23. The number of Topliss-reactive ketones (excluding diaryl/α,β-unsaturated/α-hetero) is 1. The molecule has 0 spiro atoms. The fourth-order valence-electron chi connectivity index (χ4n) is 5.79. The number of rotatable bonds is 7. The maximum atomic E-state index is 13.4. The van der Waals surface area contributed by atoms with Crippen molar-refractivity contribution in [2.45, 2.75) is 38.3 Å². The first-order chi connectivity index (χ1) is 15.1. The number of carbonyl (C=O) groups is 2. The molecule has 5 rings (SSSR count). The minimum Gasteiger partial charge on any atom is -0.493 e. The molecule has 0 aromatic heterocycles. The quantitative estimate of drug-likeness (QED) is 0.632. The highest BCUT2D eigenvalue weighted by Crippen LogP contribution is 2.59. The van der Waals surface area contributed by atoms with Crippen molar-refractivity contribution in [3.8, 4) is 11.5 Å². The van der Waals surface area contributed by atoms with Crippen molar-refractivity contribution in [3.05, 3.63) is 53.6 Å². The van der Waals surface area contributed by atoms with Gasteiger partial charge in [0, 0.05) is 36.0 Å². The maximum Gasteiger partial charge on any atom is 0.227 e. The van der Waals surface area contributed by atoms with Crippen LogP contribution in [0.4, 0.5) is 5.69 Å². The van der Waals surface area contributed by atoms with Crippen LogP contribution in [0.3, 0.4) is 0 Å². The summed E-state index contributed by atoms with van der Waals surface area (Å²) in [5.41, 5.74) is 2.14. The van der Waals surface area contributed by atoms with E-state index >= 15 is 0 Å². The molecule has 3 atom stereocenters. The summed E-state index contributed by atoms with van der Waals surface area (Å²) in [7, 11) is 3.12. The molecule has 0 N–H and O–H groups in total. The predicted molar refractivity (Wildman–Crippen MR) is 116 cm³/mol. The van der Waals surface area contributed by atoms with Crippen LogP contribution >= 0.6 is 0 Å². The van der Waals surface area contributed by atoms with Gasteiger partial charge in [-0.15, -0.1) is 0 Å². The van der Waals surface area contributed by atoms with Crippen LogP contribution in [0.2, 0.25) is 0 Å². The maximum absolute atomic E-state index is 13.4. The second-order valence-electron chi connectivity index (χ2n) is 8.77. The van der Waals surface area contributed by atoms with Crippen molar-refractivity contribution >= 4 is 17.4 Å². The Kier molecular flexibility index (Phi) is 4.97. The average Bonchev–Trinajstić information content (AvgIpc) is 3.29. The fraction of sp³-hybridized carbons (Fsp3) is 0.440. The van der Waals surface area contributed by atoms with Gasteiger partial charge >= 0.3 is 0 Å². The molecule has 2 heterocycles. The first-order valence-corrected chi connectivity index (χ1v) is 10.8. The molecule has 31 heavy (non-hydrogen) atoms. The average molecular weight is 421 g/mol. The molecule has 1 aliphatic carbocycles. The lowest BCUT2D eigenvalue weighted by Gasteiger charge is -2.39. The van der Waals surface area contributed by atoms with E-state index < -0.39 is 0 Å². The second kappa shape index (κ2) is 7.68. The number of hydrogen-bond acceptors (Lipinski definition) is 5. The van der Waals surface area contributed by atoms with E-state index in [0.717, 1.165) is 24.8 Å². The lowest BCUT2D eigenvalue weighted by atomic mass is 9.75. The molecular formula is C25H27NO5. The summed E-state index contributed by atoms with van der Waals surface area (Å²) in [4.78, 5) is 28.4. The van der Waals surface area contributed by atoms with Gasteiger partial charge in [0.05, 0.1) is 32.6 Å². The molecule has 1 amide bonds. The normalized spacial score (nSPS) is 26.1. The third kappa shape index (κ3) is 3.12. The molecule has 0 radical (unpaired) electrons. The Morgan fingerprint density at radius 3 is 2.55 bits per heavy atom. The molecule has 162 valence electrons. The highest BCUT2D eigenvalue weighted by atomic mass is 16.5. The number of fused-ring (bicyclic) bond motifs is 2. The highest BCUT2D eigenvalue weighted by Gasteiger charge is 2.62. The van der Waals surface area contributed by atoms with Crippen LogP contribution in [0, 0.1) is 11.3 Å². The lowest BCUT2D eigenvalue weighted by molar-refractivity contribution is -0.118. The van der Waals surface area contributed by atoms with Crippen molar-refractivity contribution in [1.29, 1.82) is 0 Å². The van der Waals surface area contributed by atoms with Crippen molar-refractivity contribution in [2.24, 2.45) is 11.3 Å². The number of anilines is 1. The van der Waals surface area contributed by atoms with Crippen molar-refractivity contribution in [2.75, 3.05) is 25.7 Å². The van der Waals surface area contributed by atoms with Gasteiger partial charge in [-0.25, -0.2) is 0 Å². The largest absolute Gasteiger partial charge is 0.493 e. The number of benzene rings is 2. The van der Waals surface area contributed by atoms with Crippen LogP contribution in [-0.4, -0.2) is 38.6 Å². The number of ketones is 1. The third-order valence-corrected chi connectivity index (χ3v) is 7.23. The molecule has 2 aliphatic heterocycles. The van der Waals surface area contributed by atoms with Gasteiger partial charge in [0.2, 0.25) is 5.91 Å². The van der Waals surface area contributed by atoms with Gasteiger partial charge < -0.3 is 19.1 Å². The molecule has 3 aliphatic rings. The summed E-state index contributed by atoms with van der Waals surface area (Å²) in [6, 6.07) is 13.5. The SMILES string of the molecule is COc1cc2c(cc1OC)N1C(=O)C[C@]3(CCOCc4ccccc4)CC[C@H](C2=O)[C@H]13. The Morgan fingerprint density at radius 1 is 1.06 bits per heavy atom. The highest BCUT2D eigenvalue weighted by molar-refractivity contribution is 6.13. The number of hydrogen-bond donors (Lipinski definition) is 0. The standard InChI is InChI=1S/C25H27NO5/c1-29-20-12-18-19(13-21(20)30-2)26-22(27)14-25(9-8-17(23(18)28)24(25)26)10-11-31-15-16-6-4-3-5-7-16/h3-7,12-13,17,24H,8-11,14-15H2,1-2H3/t17-,24+,25-/m1/s1. The van der Waals surface area contributed by atoms with Crippen LogP contribution in [0.1, 0.15) is 41.6 Å². The first-order valence-electron chi connectivity index (χ1n) is 10.8. The number of methoxy groups -OCH3 is 2. The lowest BCUT2D eigenvalue weighted by Crippen LogP contribution is -2.48. The van der Waals surface area contributed by atoms with E-state index in [1.165, 1.54) is 0 Å². The van der Waals surface area contributed by atoms with Crippen LogP contribution in [-0.2, 0) is 16.1 Å². The van der Waals surface area contributed by atoms with Gasteiger partial charge in [-0.3, -0.25) is 9.59 Å². The van der Waals surface area contributed by atoms with Gasteiger partial charge in [0.25, 0.3) is 0 Å². The fourth-order valence-corrected chi connectivity index (χ4v) is 5.79. The Balaban J connectivity index is 1.40. The smallest absolute Gasteiger partial charge is 0.227 e. The number of ether oxygens (including phenoxy) is 3. The summed E-state index contributed by atoms with van der Waals surface area (Å²) in [5.74, 6) is 1.07. The molecular weight excluding hydrogens is 394 g/mol. The molecule has 2 fully saturated rings.